The largest absolute Gasteiger partial charge is 0.497 e. The van der Waals surface area contributed by atoms with Gasteiger partial charge in [0, 0.05) is 70.1 Å². The fraction of sp³-hybridized carbons (Fsp3) is 0.360. The van der Waals surface area contributed by atoms with Crippen molar-refractivity contribution in [3.63, 3.8) is 0 Å². The van der Waals surface area contributed by atoms with Crippen LogP contribution in [0.2, 0.25) is 0 Å². The number of nitrogens with zero attached hydrogens (tertiary/aromatic N) is 2. The Balaban J connectivity index is 0.698. The maximum Gasteiger partial charge on any atom is 0.119 e. The zero-order chi connectivity index (χ0) is 39.3. The number of likely N-dealkylation sites (tertiary alicyclic amines) is 2. The van der Waals surface area contributed by atoms with E-state index in [-0.39, 0.29) is 0 Å². The second-order valence-electron chi connectivity index (χ2n) is 17.0. The third-order valence-corrected chi connectivity index (χ3v) is 13.6. The van der Waals surface area contributed by atoms with E-state index in [1.807, 2.05) is 12.1 Å². The zero-order valence-electron chi connectivity index (χ0n) is 34.4. The molecule has 298 valence electrons. The summed E-state index contributed by atoms with van der Waals surface area (Å²) in [5, 5.41) is 17.6. The van der Waals surface area contributed by atoms with E-state index in [0.717, 1.165) is 60.5 Å². The summed E-state index contributed by atoms with van der Waals surface area (Å²) >= 11 is 0. The molecule has 8 aromatic rings. The van der Waals surface area contributed by atoms with Gasteiger partial charge in [-0.3, -0.25) is 0 Å². The number of hydrogen-bond acceptors (Lipinski definition) is 6. The SMILES string of the molecule is COc1ccc2[nH]c3c(C)cc4ccc(NCCN5CCC(C6CCN(CCNc7ccc8cc(C)c9[nH]c%10ccc(OC)cc%10c9c8c7)CC6)CC5)cc4c3c2c1. The van der Waals surface area contributed by atoms with Crippen LogP contribution in [0.1, 0.15) is 36.8 Å². The normalized spacial score (nSPS) is 16.4. The van der Waals surface area contributed by atoms with Crippen molar-refractivity contribution in [2.75, 3.05) is 77.2 Å². The summed E-state index contributed by atoms with van der Waals surface area (Å²) in [5.41, 5.74) is 9.62. The number of methoxy groups -OCH3 is 2. The Kier molecular flexibility index (Phi) is 9.78. The molecule has 0 aliphatic carbocycles. The Bertz CT molecular complexity index is 2590. The van der Waals surface area contributed by atoms with Gasteiger partial charge in [0.25, 0.3) is 0 Å². The van der Waals surface area contributed by atoms with Crippen LogP contribution in [0, 0.1) is 25.7 Å². The number of fused-ring (bicyclic) bond motifs is 10. The number of ether oxygens (including phenoxy) is 2. The van der Waals surface area contributed by atoms with Crippen LogP contribution < -0.4 is 20.1 Å². The summed E-state index contributed by atoms with van der Waals surface area (Å²) < 4.78 is 11.2. The molecular weight excluding hydrogens is 717 g/mol. The number of aromatic nitrogens is 2. The molecule has 2 aliphatic rings. The molecule has 8 nitrogen and oxygen atoms in total. The van der Waals surface area contributed by atoms with Gasteiger partial charge in [0.05, 0.1) is 25.3 Å². The average molecular weight is 773 g/mol. The van der Waals surface area contributed by atoms with Crippen molar-refractivity contribution in [1.82, 2.24) is 19.8 Å². The fourth-order valence-electron chi connectivity index (χ4n) is 10.4. The maximum atomic E-state index is 5.58. The molecule has 0 radical (unpaired) electrons. The summed E-state index contributed by atoms with van der Waals surface area (Å²) in [6.07, 6.45) is 5.34. The van der Waals surface area contributed by atoms with E-state index in [1.165, 1.54) is 128 Å². The second-order valence-corrected chi connectivity index (χ2v) is 17.0. The molecular formula is C50H56N6O2. The van der Waals surface area contributed by atoms with Crippen LogP contribution >= 0.6 is 0 Å². The molecule has 0 amide bonds. The number of aromatic amines is 2. The molecule has 0 unspecified atom stereocenters. The van der Waals surface area contributed by atoms with E-state index >= 15 is 0 Å². The lowest BCUT2D eigenvalue weighted by molar-refractivity contribution is 0.0996. The van der Waals surface area contributed by atoms with Crippen molar-refractivity contribution >= 4 is 76.5 Å². The molecule has 6 aromatic carbocycles. The molecule has 4 N–H and O–H groups in total. The van der Waals surface area contributed by atoms with E-state index in [4.69, 9.17) is 9.47 Å². The quantitative estimate of drug-likeness (QED) is 0.105. The van der Waals surface area contributed by atoms with Crippen molar-refractivity contribution in [3.05, 3.63) is 96.1 Å². The van der Waals surface area contributed by atoms with Crippen molar-refractivity contribution in [3.8, 4) is 11.5 Å². The maximum absolute atomic E-state index is 5.58. The van der Waals surface area contributed by atoms with Gasteiger partial charge in [0.15, 0.2) is 0 Å². The number of rotatable bonds is 11. The van der Waals surface area contributed by atoms with Crippen LogP contribution in [0.25, 0.3) is 65.2 Å². The molecule has 2 aliphatic heterocycles. The average Bonchev–Trinajstić information content (AvgIpc) is 3.84. The van der Waals surface area contributed by atoms with E-state index in [2.05, 4.69) is 117 Å². The van der Waals surface area contributed by atoms with Crippen LogP contribution in [0.15, 0.2) is 84.9 Å². The highest BCUT2D eigenvalue weighted by Gasteiger charge is 2.29. The van der Waals surface area contributed by atoms with Crippen LogP contribution in [0.5, 0.6) is 11.5 Å². The molecule has 2 aromatic heterocycles. The lowest BCUT2D eigenvalue weighted by atomic mass is 9.79. The van der Waals surface area contributed by atoms with Gasteiger partial charge in [-0.2, -0.15) is 0 Å². The number of benzene rings is 6. The van der Waals surface area contributed by atoms with Gasteiger partial charge >= 0.3 is 0 Å². The van der Waals surface area contributed by atoms with Crippen LogP contribution in [0.3, 0.4) is 0 Å². The molecule has 2 fully saturated rings. The molecule has 0 atom stereocenters. The highest BCUT2D eigenvalue weighted by Crippen LogP contribution is 2.39. The van der Waals surface area contributed by atoms with Crippen molar-refractivity contribution in [2.45, 2.75) is 39.5 Å². The number of H-pyrrole nitrogens is 2. The van der Waals surface area contributed by atoms with Gasteiger partial charge in [-0.05, 0) is 183 Å². The standard InChI is InChI=1S/C50H56N6O2/c1-31-25-35-5-7-37(27-41(35)47-43-29-39(57-3)9-11-45(43)53-49(31)47)51-17-23-55-19-13-33(14-20-55)34-15-21-56(22-16-34)24-18-52-38-8-6-36-26-32(2)50-48(42(36)28-38)44-30-40(58-4)10-12-46(44)54-50/h5-12,25-30,33-34,51-54H,13-24H2,1-4H3. The van der Waals surface area contributed by atoms with E-state index in [1.54, 1.807) is 14.2 Å². The van der Waals surface area contributed by atoms with Crippen molar-refractivity contribution < 1.29 is 9.47 Å². The number of aryl methyl sites for hydroxylation is 2. The van der Waals surface area contributed by atoms with Crippen molar-refractivity contribution in [2.24, 2.45) is 11.8 Å². The van der Waals surface area contributed by atoms with E-state index < -0.39 is 0 Å². The van der Waals surface area contributed by atoms with Crippen molar-refractivity contribution in [1.29, 1.82) is 0 Å². The minimum atomic E-state index is 0.869. The number of anilines is 2. The minimum absolute atomic E-state index is 0.869. The predicted octanol–water partition coefficient (Wildman–Crippen LogP) is 10.8. The fourth-order valence-corrected chi connectivity index (χ4v) is 10.4. The van der Waals surface area contributed by atoms with Gasteiger partial charge in [0.2, 0.25) is 0 Å². The molecule has 4 heterocycles. The summed E-state index contributed by atoms with van der Waals surface area (Å²) in [4.78, 5) is 12.7. The Hall–Kier alpha value is -5.44. The van der Waals surface area contributed by atoms with E-state index in [9.17, 15) is 0 Å². The number of hydrogen-bond donors (Lipinski definition) is 4. The Morgan fingerprint density at radius 3 is 1.38 bits per heavy atom. The highest BCUT2D eigenvalue weighted by molar-refractivity contribution is 6.23. The lowest BCUT2D eigenvalue weighted by Crippen LogP contribution is -2.42. The predicted molar refractivity (Wildman–Crippen MR) is 245 cm³/mol. The Labute approximate surface area is 340 Å². The van der Waals surface area contributed by atoms with Crippen LogP contribution in [-0.4, -0.2) is 86.3 Å². The minimum Gasteiger partial charge on any atom is -0.497 e. The number of nitrogens with one attached hydrogen (secondary N) is 4. The van der Waals surface area contributed by atoms with Gasteiger partial charge in [0.1, 0.15) is 11.5 Å². The van der Waals surface area contributed by atoms with Gasteiger partial charge in [-0.25, -0.2) is 0 Å². The Morgan fingerprint density at radius 1 is 0.534 bits per heavy atom. The first kappa shape index (κ1) is 36.9. The third kappa shape index (κ3) is 6.86. The molecule has 10 rings (SSSR count). The van der Waals surface area contributed by atoms with Crippen LogP contribution in [0.4, 0.5) is 11.4 Å². The molecule has 58 heavy (non-hydrogen) atoms. The smallest absolute Gasteiger partial charge is 0.119 e. The summed E-state index contributed by atoms with van der Waals surface area (Å²) in [5.74, 6) is 3.51. The topological polar surface area (TPSA) is 80.6 Å². The molecule has 2 saturated heterocycles. The van der Waals surface area contributed by atoms with Gasteiger partial charge in [-0.1, -0.05) is 12.1 Å². The third-order valence-electron chi connectivity index (χ3n) is 13.6. The lowest BCUT2D eigenvalue weighted by Gasteiger charge is -2.40. The zero-order valence-corrected chi connectivity index (χ0v) is 34.4. The first-order valence-electron chi connectivity index (χ1n) is 21.4. The summed E-state index contributed by atoms with van der Waals surface area (Å²) in [7, 11) is 3.48. The molecule has 8 heteroatoms. The van der Waals surface area contributed by atoms with E-state index in [0.29, 0.717) is 0 Å². The number of piperidine rings is 2. The van der Waals surface area contributed by atoms with Gasteiger partial charge < -0.3 is 39.9 Å². The summed E-state index contributed by atoms with van der Waals surface area (Å²) in [6.45, 7) is 13.3. The first-order chi connectivity index (χ1) is 28.4. The molecule has 0 saturated carbocycles. The molecule has 0 spiro atoms. The van der Waals surface area contributed by atoms with Crippen LogP contribution in [-0.2, 0) is 0 Å². The molecule has 0 bridgehead atoms. The highest BCUT2D eigenvalue weighted by atomic mass is 16.5. The summed E-state index contributed by atoms with van der Waals surface area (Å²) in [6, 6.07) is 30.9. The first-order valence-corrected chi connectivity index (χ1v) is 21.4. The monoisotopic (exact) mass is 772 g/mol. The van der Waals surface area contributed by atoms with Gasteiger partial charge in [-0.15, -0.1) is 0 Å². The second kappa shape index (κ2) is 15.4. The Morgan fingerprint density at radius 2 is 0.966 bits per heavy atom.